The molecule has 0 N–H and O–H groups in total. The molecule has 0 saturated heterocycles. The van der Waals surface area contributed by atoms with E-state index in [1.807, 2.05) is 20.8 Å². The van der Waals surface area contributed by atoms with Crippen LogP contribution in [0.15, 0.2) is 0 Å². The minimum absolute atomic E-state index is 0.106. The summed E-state index contributed by atoms with van der Waals surface area (Å²) < 4.78 is 72.0. The number of Topliss-reactive ketones (excluding diaryl/α,β-unsaturated/α-hetero) is 2. The highest BCUT2D eigenvalue weighted by atomic mass is 19.4. The quantitative estimate of drug-likeness (QED) is 0.336. The van der Waals surface area contributed by atoms with Gasteiger partial charge in [-0.15, -0.1) is 0 Å². The Morgan fingerprint density at radius 1 is 0.826 bits per heavy atom. The van der Waals surface area contributed by atoms with Crippen LogP contribution in [0.3, 0.4) is 0 Å². The maximum absolute atomic E-state index is 11.2. The van der Waals surface area contributed by atoms with E-state index in [0.717, 1.165) is 12.8 Å². The van der Waals surface area contributed by atoms with E-state index in [0.29, 0.717) is 6.61 Å². The lowest BCUT2D eigenvalue weighted by atomic mass is 9.97. The summed E-state index contributed by atoms with van der Waals surface area (Å²) in [6, 6.07) is 0. The second-order valence-corrected chi connectivity index (χ2v) is 5.39. The summed E-state index contributed by atoms with van der Waals surface area (Å²) in [6.07, 6.45) is -9.52. The Hall–Kier alpha value is -1.61. The molecule has 136 valence electrons. The molecule has 0 saturated carbocycles. The van der Waals surface area contributed by atoms with Gasteiger partial charge in [-0.25, -0.2) is 0 Å². The van der Waals surface area contributed by atoms with Crippen molar-refractivity contribution in [3.8, 4) is 0 Å². The van der Waals surface area contributed by atoms with E-state index >= 15 is 0 Å². The first-order valence-electron chi connectivity index (χ1n) is 6.45. The van der Waals surface area contributed by atoms with Crippen LogP contribution < -0.4 is 0 Å². The van der Waals surface area contributed by atoms with E-state index in [1.165, 1.54) is 0 Å². The van der Waals surface area contributed by atoms with Crippen molar-refractivity contribution in [2.24, 2.45) is 5.41 Å². The number of hydrogen-bond acceptors (Lipinski definition) is 4. The fourth-order valence-corrected chi connectivity index (χ4v) is 0.783. The summed E-state index contributed by atoms with van der Waals surface area (Å²) in [5.74, 6) is -6.92. The smallest absolute Gasteiger partial charge is 0.458 e. The molecular weight excluding hydrogens is 334 g/mol. The largest absolute Gasteiger partial charge is 0.465 e. The molecule has 0 atom stereocenters. The van der Waals surface area contributed by atoms with Crippen molar-refractivity contribution in [1.82, 2.24) is 0 Å². The Kier molecular flexibility index (Phi) is 9.13. The van der Waals surface area contributed by atoms with Crippen molar-refractivity contribution < 1.29 is 45.5 Å². The molecule has 0 bridgehead atoms. The van der Waals surface area contributed by atoms with Crippen LogP contribution in [-0.2, 0) is 19.1 Å². The lowest BCUT2D eigenvalue weighted by Gasteiger charge is -2.15. The molecule has 4 nitrogen and oxygen atoms in total. The molecule has 0 spiro atoms. The Bertz CT molecular complexity index is 394. The lowest BCUT2D eigenvalue weighted by Crippen LogP contribution is -2.39. The van der Waals surface area contributed by atoms with Gasteiger partial charge in [0, 0.05) is 0 Å². The summed E-state index contributed by atoms with van der Waals surface area (Å²) in [7, 11) is 0. The number of unbranched alkanes of at least 4 members (excludes halogenated alkanes) is 1. The molecule has 23 heavy (non-hydrogen) atoms. The second kappa shape index (κ2) is 8.88. The maximum Gasteiger partial charge on any atom is 0.458 e. The highest BCUT2D eigenvalue weighted by Crippen LogP contribution is 2.24. The molecular formula is C13H18F6O4. The molecule has 10 heteroatoms. The molecule has 0 rings (SSSR count). The molecule has 0 radical (unpaired) electrons. The van der Waals surface area contributed by atoms with E-state index in [4.69, 9.17) is 4.74 Å². The minimum Gasteiger partial charge on any atom is -0.465 e. The van der Waals surface area contributed by atoms with Gasteiger partial charge in [0.1, 0.15) is 0 Å². The zero-order chi connectivity index (χ0) is 19.1. The third-order valence-corrected chi connectivity index (χ3v) is 2.06. The lowest BCUT2D eigenvalue weighted by molar-refractivity contribution is -0.193. The van der Waals surface area contributed by atoms with Crippen LogP contribution in [0.1, 0.15) is 40.5 Å². The topological polar surface area (TPSA) is 60.4 Å². The Morgan fingerprint density at radius 3 is 1.39 bits per heavy atom. The van der Waals surface area contributed by atoms with E-state index in [-0.39, 0.29) is 11.4 Å². The average Bonchev–Trinajstić information content (AvgIpc) is 2.34. The first kappa shape index (κ1) is 23.7. The van der Waals surface area contributed by atoms with Crippen molar-refractivity contribution in [3.63, 3.8) is 0 Å². The van der Waals surface area contributed by atoms with Gasteiger partial charge in [0.2, 0.25) is 0 Å². The van der Waals surface area contributed by atoms with Crippen LogP contribution in [0.25, 0.3) is 0 Å². The number of halogens is 6. The number of alkyl halides is 6. The van der Waals surface area contributed by atoms with Crippen molar-refractivity contribution in [2.45, 2.75) is 52.9 Å². The van der Waals surface area contributed by atoms with E-state index in [9.17, 15) is 40.7 Å². The molecule has 0 aliphatic rings. The van der Waals surface area contributed by atoms with Crippen molar-refractivity contribution in [3.05, 3.63) is 0 Å². The van der Waals surface area contributed by atoms with Gasteiger partial charge in [-0.2, -0.15) is 26.3 Å². The van der Waals surface area contributed by atoms with Crippen LogP contribution in [0, 0.1) is 5.41 Å². The summed E-state index contributed by atoms with van der Waals surface area (Å²) >= 11 is 0. The number of carbonyl (C=O) groups excluding carboxylic acids is 3. The third-order valence-electron chi connectivity index (χ3n) is 2.06. The monoisotopic (exact) mass is 352 g/mol. The van der Waals surface area contributed by atoms with Gasteiger partial charge >= 0.3 is 29.9 Å². The number of ketones is 2. The summed E-state index contributed by atoms with van der Waals surface area (Å²) in [6.45, 7) is 8.22. The third kappa shape index (κ3) is 10.7. The molecule has 0 aromatic heterocycles. The molecule has 0 aromatic carbocycles. The first-order valence-corrected chi connectivity index (χ1v) is 6.45. The van der Waals surface area contributed by atoms with Gasteiger partial charge in [0.05, 0.1) is 12.0 Å². The molecule has 0 amide bonds. The van der Waals surface area contributed by atoms with Crippen LogP contribution in [0.4, 0.5) is 26.3 Å². The number of esters is 1. The molecule has 0 unspecified atom stereocenters. The average molecular weight is 352 g/mol. The predicted molar refractivity (Wildman–Crippen MR) is 67.4 cm³/mol. The molecule has 0 aliphatic carbocycles. The Labute approximate surface area is 129 Å². The standard InChI is InChI=1S/C9H18O2.C4F6O2/c1-5-6-7-11-8(10)9(2,3)4;5-3(6,7)1(11)2(12)4(8,9)10/h5-7H2,1-4H3;. The van der Waals surface area contributed by atoms with Gasteiger partial charge < -0.3 is 4.74 Å². The normalized spacial score (nSPS) is 12.1. The first-order chi connectivity index (χ1) is 10.0. The second-order valence-electron chi connectivity index (χ2n) is 5.39. The predicted octanol–water partition coefficient (Wildman–Crippen LogP) is 3.63. The maximum atomic E-state index is 11.2. The molecule has 0 heterocycles. The number of hydrogen-bond donors (Lipinski definition) is 0. The van der Waals surface area contributed by atoms with Crippen LogP contribution in [-0.4, -0.2) is 36.5 Å². The van der Waals surface area contributed by atoms with Crippen LogP contribution in [0.2, 0.25) is 0 Å². The minimum atomic E-state index is -5.77. The highest BCUT2D eigenvalue weighted by Gasteiger charge is 2.54. The van der Waals surface area contributed by atoms with E-state index in [2.05, 4.69) is 6.92 Å². The molecule has 0 aliphatic heterocycles. The van der Waals surface area contributed by atoms with Crippen molar-refractivity contribution >= 4 is 17.5 Å². The zero-order valence-corrected chi connectivity index (χ0v) is 13.0. The number of rotatable bonds is 4. The fourth-order valence-electron chi connectivity index (χ4n) is 0.783. The van der Waals surface area contributed by atoms with Crippen molar-refractivity contribution in [2.75, 3.05) is 6.61 Å². The van der Waals surface area contributed by atoms with Gasteiger partial charge in [0.15, 0.2) is 0 Å². The van der Waals surface area contributed by atoms with Crippen molar-refractivity contribution in [1.29, 1.82) is 0 Å². The Morgan fingerprint density at radius 2 is 1.17 bits per heavy atom. The summed E-state index contributed by atoms with van der Waals surface area (Å²) in [5, 5.41) is 0. The molecule has 0 fully saturated rings. The zero-order valence-electron chi connectivity index (χ0n) is 13.0. The summed E-state index contributed by atoms with van der Waals surface area (Å²) in [4.78, 5) is 30.4. The number of ether oxygens (including phenoxy) is 1. The summed E-state index contributed by atoms with van der Waals surface area (Å²) in [5.41, 5.74) is -0.353. The van der Waals surface area contributed by atoms with Gasteiger partial charge in [-0.1, -0.05) is 13.3 Å². The fraction of sp³-hybridized carbons (Fsp3) is 0.769. The Balaban J connectivity index is 0. The van der Waals surface area contributed by atoms with E-state index in [1.54, 1.807) is 0 Å². The van der Waals surface area contributed by atoms with Gasteiger partial charge in [-0.05, 0) is 27.2 Å². The highest BCUT2D eigenvalue weighted by molar-refractivity contribution is 6.41. The van der Waals surface area contributed by atoms with Crippen LogP contribution in [0.5, 0.6) is 0 Å². The molecule has 0 aromatic rings. The van der Waals surface area contributed by atoms with Gasteiger partial charge in [-0.3, -0.25) is 14.4 Å². The SMILES string of the molecule is CCCCOC(=O)C(C)(C)C.O=C(C(=O)C(F)(F)F)C(F)(F)F. The number of carbonyl (C=O) groups is 3. The van der Waals surface area contributed by atoms with Gasteiger partial charge in [0.25, 0.3) is 0 Å². The van der Waals surface area contributed by atoms with Crippen LogP contribution >= 0.6 is 0 Å². The van der Waals surface area contributed by atoms with E-state index < -0.39 is 23.9 Å².